The molecule has 27 heavy (non-hydrogen) atoms. The molecule has 0 N–H and O–H groups in total. The quantitative estimate of drug-likeness (QED) is 0.643. The topological polar surface area (TPSA) is 42.7 Å². The summed E-state index contributed by atoms with van der Waals surface area (Å²) in [5, 5.41) is 0.894. The number of methoxy groups -OCH3 is 1. The largest absolute Gasteiger partial charge is 0.493 e. The van der Waals surface area contributed by atoms with Gasteiger partial charge in [-0.25, -0.2) is 4.39 Å². The summed E-state index contributed by atoms with van der Waals surface area (Å²) in [6.07, 6.45) is 0.709. The van der Waals surface area contributed by atoms with Crippen LogP contribution in [0, 0.1) is 5.82 Å². The molecule has 0 saturated carbocycles. The predicted octanol–water partition coefficient (Wildman–Crippen LogP) is 4.90. The van der Waals surface area contributed by atoms with E-state index in [-0.39, 0.29) is 17.0 Å². The van der Waals surface area contributed by atoms with E-state index in [1.165, 1.54) is 6.07 Å². The minimum atomic E-state index is -0.181. The van der Waals surface area contributed by atoms with Crippen molar-refractivity contribution in [1.29, 1.82) is 0 Å². The Bertz CT molecular complexity index is 971. The molecule has 4 nitrogen and oxygen atoms in total. The van der Waals surface area contributed by atoms with Crippen LogP contribution in [0.2, 0.25) is 0 Å². The second kappa shape index (κ2) is 7.64. The highest BCUT2D eigenvalue weighted by Crippen LogP contribution is 2.36. The highest BCUT2D eigenvalue weighted by molar-refractivity contribution is 7.99. The van der Waals surface area contributed by atoms with Crippen LogP contribution in [0.4, 0.5) is 4.39 Å². The average Bonchev–Trinajstić information content (AvgIpc) is 2.98. The van der Waals surface area contributed by atoms with E-state index in [0.717, 1.165) is 11.1 Å². The Hall–Kier alpha value is -2.47. The van der Waals surface area contributed by atoms with Gasteiger partial charge in [-0.3, -0.25) is 4.79 Å². The van der Waals surface area contributed by atoms with Gasteiger partial charge in [0.05, 0.1) is 7.11 Å². The third-order valence-corrected chi connectivity index (χ3v) is 6.13. The van der Waals surface area contributed by atoms with Crippen LogP contribution in [-0.2, 0) is 0 Å². The number of carbonyl (C=O) groups is 1. The highest BCUT2D eigenvalue weighted by atomic mass is 32.2. The van der Waals surface area contributed by atoms with E-state index in [1.54, 1.807) is 35.9 Å². The third-order valence-electron chi connectivity index (χ3n) is 4.82. The molecule has 1 atom stereocenters. The lowest BCUT2D eigenvalue weighted by Crippen LogP contribution is -2.32. The maximum absolute atomic E-state index is 14.1. The fourth-order valence-electron chi connectivity index (χ4n) is 3.42. The summed E-state index contributed by atoms with van der Waals surface area (Å²) >= 11 is 1.69. The van der Waals surface area contributed by atoms with Crippen LogP contribution >= 0.6 is 11.8 Å². The van der Waals surface area contributed by atoms with Crippen LogP contribution in [0.25, 0.3) is 11.0 Å². The van der Waals surface area contributed by atoms with Crippen LogP contribution in [-0.4, -0.2) is 36.8 Å². The monoisotopic (exact) mass is 385 g/mol. The first-order chi connectivity index (χ1) is 13.2. The lowest BCUT2D eigenvalue weighted by Gasteiger charge is -2.19. The second-order valence-electron chi connectivity index (χ2n) is 6.45. The number of ether oxygens (including phenoxy) is 1. The smallest absolute Gasteiger partial charge is 0.289 e. The van der Waals surface area contributed by atoms with Gasteiger partial charge in [-0.15, -0.1) is 0 Å². The van der Waals surface area contributed by atoms with Crippen molar-refractivity contribution in [2.24, 2.45) is 0 Å². The maximum atomic E-state index is 14.1. The number of halogens is 1. The van der Waals surface area contributed by atoms with Gasteiger partial charge in [0, 0.05) is 35.0 Å². The van der Waals surface area contributed by atoms with Crippen molar-refractivity contribution in [3.8, 4) is 5.75 Å². The van der Waals surface area contributed by atoms with Crippen molar-refractivity contribution in [3.63, 3.8) is 0 Å². The molecule has 1 aliphatic rings. The zero-order valence-corrected chi connectivity index (χ0v) is 15.8. The Kier molecular flexibility index (Phi) is 5.07. The molecule has 6 heteroatoms. The molecular formula is C21H20FNO3S. The van der Waals surface area contributed by atoms with E-state index in [0.29, 0.717) is 42.2 Å². The van der Waals surface area contributed by atoms with Crippen molar-refractivity contribution < 1.29 is 18.3 Å². The average molecular weight is 385 g/mol. The summed E-state index contributed by atoms with van der Waals surface area (Å²) in [6.45, 7) is 1.18. The molecular weight excluding hydrogens is 365 g/mol. The van der Waals surface area contributed by atoms with Gasteiger partial charge in [0.2, 0.25) is 0 Å². The number of amides is 1. The molecule has 1 fully saturated rings. The molecule has 2 heterocycles. The van der Waals surface area contributed by atoms with E-state index in [4.69, 9.17) is 9.15 Å². The van der Waals surface area contributed by atoms with Crippen LogP contribution in [0.15, 0.2) is 52.9 Å². The standard InChI is InChI=1S/C21H20FNO3S/c1-25-17-8-4-5-14-13-18(26-20(14)17)21(24)23-10-9-19(27-12-11-23)15-6-2-3-7-16(15)22/h2-8,13,19H,9-12H2,1H3/t19-/m1/s1. The lowest BCUT2D eigenvalue weighted by atomic mass is 10.1. The van der Waals surface area contributed by atoms with Crippen molar-refractivity contribution in [1.82, 2.24) is 4.90 Å². The van der Waals surface area contributed by atoms with Crippen LogP contribution in [0.3, 0.4) is 0 Å². The number of carbonyl (C=O) groups excluding carboxylic acids is 1. The molecule has 0 unspecified atom stereocenters. The molecule has 3 aromatic rings. The van der Waals surface area contributed by atoms with Gasteiger partial charge in [-0.1, -0.05) is 30.3 Å². The molecule has 1 saturated heterocycles. The molecule has 0 bridgehead atoms. The first-order valence-electron chi connectivity index (χ1n) is 8.89. The zero-order valence-electron chi connectivity index (χ0n) is 15.0. The first kappa shape index (κ1) is 17.9. The van der Waals surface area contributed by atoms with Gasteiger partial charge in [-0.2, -0.15) is 11.8 Å². The second-order valence-corrected chi connectivity index (χ2v) is 7.76. The molecule has 2 aromatic carbocycles. The van der Waals surface area contributed by atoms with E-state index < -0.39 is 0 Å². The maximum Gasteiger partial charge on any atom is 0.289 e. The summed E-state index contributed by atoms with van der Waals surface area (Å²) in [5.74, 6) is 1.36. The summed E-state index contributed by atoms with van der Waals surface area (Å²) in [7, 11) is 1.58. The van der Waals surface area contributed by atoms with E-state index >= 15 is 0 Å². The zero-order chi connectivity index (χ0) is 18.8. The fraction of sp³-hybridized carbons (Fsp3) is 0.286. The Labute approximate surface area is 161 Å². The van der Waals surface area contributed by atoms with Gasteiger partial charge in [0.1, 0.15) is 5.82 Å². The number of para-hydroxylation sites is 1. The van der Waals surface area contributed by atoms with Gasteiger partial charge < -0.3 is 14.1 Å². The van der Waals surface area contributed by atoms with Crippen LogP contribution in [0.1, 0.15) is 27.8 Å². The van der Waals surface area contributed by atoms with Crippen LogP contribution < -0.4 is 4.74 Å². The van der Waals surface area contributed by atoms with Crippen molar-refractivity contribution >= 4 is 28.6 Å². The van der Waals surface area contributed by atoms with E-state index in [9.17, 15) is 9.18 Å². The highest BCUT2D eigenvalue weighted by Gasteiger charge is 2.26. The Morgan fingerprint density at radius 3 is 2.89 bits per heavy atom. The van der Waals surface area contributed by atoms with Gasteiger partial charge in [-0.05, 0) is 24.6 Å². The van der Waals surface area contributed by atoms with Crippen molar-refractivity contribution in [2.75, 3.05) is 26.0 Å². The lowest BCUT2D eigenvalue weighted by molar-refractivity contribution is 0.0737. The van der Waals surface area contributed by atoms with Crippen molar-refractivity contribution in [3.05, 3.63) is 65.7 Å². The minimum Gasteiger partial charge on any atom is -0.493 e. The molecule has 1 amide bonds. The van der Waals surface area contributed by atoms with Gasteiger partial charge in [0.15, 0.2) is 17.1 Å². The number of furan rings is 1. The molecule has 4 rings (SSSR count). The molecule has 1 aromatic heterocycles. The normalized spacial score (nSPS) is 17.7. The van der Waals surface area contributed by atoms with Crippen molar-refractivity contribution in [2.45, 2.75) is 11.7 Å². The molecule has 0 spiro atoms. The number of thioether (sulfide) groups is 1. The minimum absolute atomic E-state index is 0.0553. The summed E-state index contributed by atoms with van der Waals surface area (Å²) in [5.41, 5.74) is 1.29. The number of hydrogen-bond donors (Lipinski definition) is 0. The fourth-order valence-corrected chi connectivity index (χ4v) is 4.67. The number of hydrogen-bond acceptors (Lipinski definition) is 4. The van der Waals surface area contributed by atoms with E-state index in [2.05, 4.69) is 0 Å². The number of fused-ring (bicyclic) bond motifs is 1. The first-order valence-corrected chi connectivity index (χ1v) is 9.94. The number of benzene rings is 2. The predicted molar refractivity (Wildman–Crippen MR) is 105 cm³/mol. The number of nitrogens with zero attached hydrogens (tertiary/aromatic N) is 1. The summed E-state index contributed by atoms with van der Waals surface area (Å²) in [4.78, 5) is 14.7. The Morgan fingerprint density at radius 2 is 2.07 bits per heavy atom. The van der Waals surface area contributed by atoms with Crippen LogP contribution in [0.5, 0.6) is 5.75 Å². The molecule has 0 radical (unpaired) electrons. The van der Waals surface area contributed by atoms with Gasteiger partial charge >= 0.3 is 0 Å². The summed E-state index contributed by atoms with van der Waals surface area (Å²) < 4.78 is 25.2. The van der Waals surface area contributed by atoms with Gasteiger partial charge in [0.25, 0.3) is 5.91 Å². The molecule has 0 aliphatic carbocycles. The van der Waals surface area contributed by atoms with E-state index in [1.807, 2.05) is 30.3 Å². The Morgan fingerprint density at radius 1 is 1.22 bits per heavy atom. The molecule has 140 valence electrons. The SMILES string of the molecule is COc1cccc2cc(C(=O)N3CCS[C@@H](c4ccccc4F)CC3)oc12. The summed E-state index contributed by atoms with van der Waals surface area (Å²) in [6, 6.07) is 14.2. The third kappa shape index (κ3) is 3.54. The number of rotatable bonds is 3. The Balaban J connectivity index is 1.52. The molecule has 1 aliphatic heterocycles.